The number of nitrogens with zero attached hydrogens (tertiary/aromatic N) is 2. The maximum Gasteiger partial charge on any atom is 0.0541 e. The number of fused-ring (bicyclic) bond motifs is 11. The molecular weight excluding hydrogens is 925 g/mol. The van der Waals surface area contributed by atoms with Crippen molar-refractivity contribution in [3.63, 3.8) is 0 Å². The van der Waals surface area contributed by atoms with E-state index < -0.39 is 0 Å². The molecule has 0 saturated carbocycles. The minimum Gasteiger partial charge on any atom is -0.311 e. The first-order valence-corrected chi connectivity index (χ1v) is 26.5. The Hall–Kier alpha value is -9.54. The molecule has 15 rings (SSSR count). The topological polar surface area (TPSA) is 8.17 Å². The molecule has 0 amide bonds. The van der Waals surface area contributed by atoms with E-state index >= 15 is 0 Å². The maximum absolute atomic E-state index is 2.39. The van der Waals surface area contributed by atoms with Crippen molar-refractivity contribution in [2.24, 2.45) is 0 Å². The third-order valence-corrected chi connectivity index (χ3v) is 16.7. The largest absolute Gasteiger partial charge is 0.311 e. The summed E-state index contributed by atoms with van der Waals surface area (Å²) in [6, 6.07) is 103. The van der Waals surface area contributed by atoms with Gasteiger partial charge < -0.3 is 9.47 Å². The smallest absolute Gasteiger partial charge is 0.0541 e. The highest BCUT2D eigenvalue weighted by Gasteiger charge is 2.18. The fourth-order valence-electron chi connectivity index (χ4n) is 11.7. The molecule has 350 valence electrons. The Morgan fingerprint density at radius 1 is 0.253 bits per heavy atom. The molecule has 0 N–H and O–H groups in total. The van der Waals surface area contributed by atoms with Gasteiger partial charge in [0.1, 0.15) is 0 Å². The van der Waals surface area contributed by atoms with Gasteiger partial charge in [-0.2, -0.15) is 0 Å². The second-order valence-electron chi connectivity index (χ2n) is 19.6. The Bertz CT molecular complexity index is 4640. The van der Waals surface area contributed by atoms with Crippen LogP contribution < -0.4 is 4.90 Å². The van der Waals surface area contributed by atoms with Crippen LogP contribution in [0.4, 0.5) is 17.1 Å². The molecule has 0 radical (unpaired) electrons. The molecule has 2 aromatic heterocycles. The molecule has 0 bridgehead atoms. The van der Waals surface area contributed by atoms with Gasteiger partial charge in [0.15, 0.2) is 0 Å². The van der Waals surface area contributed by atoms with Crippen LogP contribution in [0.1, 0.15) is 0 Å². The highest BCUT2D eigenvalue weighted by atomic mass is 32.1. The van der Waals surface area contributed by atoms with Crippen molar-refractivity contribution in [3.8, 4) is 50.2 Å². The van der Waals surface area contributed by atoms with E-state index in [1.165, 1.54) is 113 Å². The van der Waals surface area contributed by atoms with Gasteiger partial charge in [0, 0.05) is 53.7 Å². The number of benzene rings is 13. The zero-order valence-corrected chi connectivity index (χ0v) is 41.7. The summed E-state index contributed by atoms with van der Waals surface area (Å²) in [6.07, 6.45) is 0. The summed E-state index contributed by atoms with van der Waals surface area (Å²) in [7, 11) is 0. The lowest BCUT2D eigenvalue weighted by atomic mass is 9.95. The third kappa shape index (κ3) is 7.31. The minimum atomic E-state index is 1.09. The average molecular weight is 971 g/mol. The van der Waals surface area contributed by atoms with E-state index in [-0.39, 0.29) is 0 Å². The molecule has 0 spiro atoms. The van der Waals surface area contributed by atoms with Crippen molar-refractivity contribution >= 4 is 103 Å². The van der Waals surface area contributed by atoms with Gasteiger partial charge in [0.25, 0.3) is 0 Å². The maximum atomic E-state index is 2.39. The molecule has 0 atom stereocenters. The molecule has 0 saturated heterocycles. The van der Waals surface area contributed by atoms with Crippen LogP contribution in [0, 0.1) is 0 Å². The van der Waals surface area contributed by atoms with Gasteiger partial charge in [-0.25, -0.2) is 0 Å². The Kier molecular flexibility index (Phi) is 10.1. The molecule has 0 fully saturated rings. The molecule has 2 heterocycles. The van der Waals surface area contributed by atoms with Gasteiger partial charge in [-0.15, -0.1) is 11.3 Å². The van der Waals surface area contributed by atoms with E-state index in [2.05, 4.69) is 289 Å². The molecular formula is C72H46N2S. The molecule has 2 nitrogen and oxygen atoms in total. The Morgan fingerprint density at radius 2 is 0.693 bits per heavy atom. The lowest BCUT2D eigenvalue weighted by Gasteiger charge is -2.26. The monoisotopic (exact) mass is 970 g/mol. The van der Waals surface area contributed by atoms with E-state index in [0.29, 0.717) is 0 Å². The summed E-state index contributed by atoms with van der Waals surface area (Å²) < 4.78 is 5.06. The van der Waals surface area contributed by atoms with E-state index in [9.17, 15) is 0 Å². The summed E-state index contributed by atoms with van der Waals surface area (Å²) in [5.74, 6) is 0. The fraction of sp³-hybridized carbons (Fsp3) is 0. The first kappa shape index (κ1) is 43.1. The molecule has 0 aliphatic heterocycles. The van der Waals surface area contributed by atoms with Crippen molar-refractivity contribution < 1.29 is 0 Å². The SMILES string of the molecule is c1cc(-c2ccc(N(c3ccc(-c4cccc(-n5c6ccccc6c6ccccc65)c4)cc3)c3ccc(-c4cccc5c4sc4c6ccccc6ccc54)cc3)cc2)cc(-c2ccc3ccc4ccccc4c3c2)c1. The highest BCUT2D eigenvalue weighted by molar-refractivity contribution is 7.27. The molecule has 15 aromatic rings. The molecule has 75 heavy (non-hydrogen) atoms. The minimum absolute atomic E-state index is 1.09. The Balaban J connectivity index is 0.800. The predicted molar refractivity (Wildman–Crippen MR) is 323 cm³/mol. The number of hydrogen-bond acceptors (Lipinski definition) is 2. The number of rotatable bonds is 8. The summed E-state index contributed by atoms with van der Waals surface area (Å²) >= 11 is 1.90. The summed E-state index contributed by atoms with van der Waals surface area (Å²) in [5, 5.41) is 12.8. The van der Waals surface area contributed by atoms with Gasteiger partial charge in [-0.05, 0) is 150 Å². The lowest BCUT2D eigenvalue weighted by molar-refractivity contribution is 1.18. The van der Waals surface area contributed by atoms with Crippen molar-refractivity contribution in [2.45, 2.75) is 0 Å². The number of anilines is 3. The first-order chi connectivity index (χ1) is 37.2. The van der Waals surface area contributed by atoms with E-state index in [0.717, 1.165) is 28.3 Å². The van der Waals surface area contributed by atoms with Crippen molar-refractivity contribution in [2.75, 3.05) is 4.90 Å². The third-order valence-electron chi connectivity index (χ3n) is 15.4. The van der Waals surface area contributed by atoms with Crippen molar-refractivity contribution in [1.29, 1.82) is 0 Å². The zero-order chi connectivity index (χ0) is 49.4. The fourth-order valence-corrected chi connectivity index (χ4v) is 13.1. The summed E-state index contributed by atoms with van der Waals surface area (Å²) in [5.41, 5.74) is 16.4. The van der Waals surface area contributed by atoms with Crippen LogP contribution in [0.5, 0.6) is 0 Å². The Labute approximate surface area is 438 Å². The summed E-state index contributed by atoms with van der Waals surface area (Å²) in [6.45, 7) is 0. The molecule has 0 aliphatic carbocycles. The zero-order valence-electron chi connectivity index (χ0n) is 40.9. The molecule has 3 heteroatoms. The molecule has 0 unspecified atom stereocenters. The first-order valence-electron chi connectivity index (χ1n) is 25.7. The van der Waals surface area contributed by atoms with Crippen LogP contribution in [0.2, 0.25) is 0 Å². The van der Waals surface area contributed by atoms with Gasteiger partial charge >= 0.3 is 0 Å². The quantitative estimate of drug-likeness (QED) is 0.138. The van der Waals surface area contributed by atoms with Crippen LogP contribution in [0.3, 0.4) is 0 Å². The van der Waals surface area contributed by atoms with E-state index in [4.69, 9.17) is 0 Å². The Morgan fingerprint density at radius 3 is 1.36 bits per heavy atom. The predicted octanol–water partition coefficient (Wildman–Crippen LogP) is 20.7. The van der Waals surface area contributed by atoms with Gasteiger partial charge in [-0.1, -0.05) is 206 Å². The van der Waals surface area contributed by atoms with Gasteiger partial charge in [-0.3, -0.25) is 0 Å². The standard InChI is InChI=1S/C72H46N2S/c1-3-18-61-49(12-1)26-27-52-28-29-56(46-68(52)61)54-15-9-14-53(44-54)47-30-37-57(38-31-47)73(59-41-34-51(35-42-59)63-22-11-23-66-67-43-36-50-13-2-4-19-62(50)72(67)75-71(63)66)58-39-32-48(33-40-58)55-16-10-17-60(45-55)74-69-24-7-5-20-64(69)65-21-6-8-25-70(65)74/h1-46H. The van der Waals surface area contributed by atoms with E-state index in [1.54, 1.807) is 0 Å². The summed E-state index contributed by atoms with van der Waals surface area (Å²) in [4.78, 5) is 2.38. The number of thiophene rings is 1. The van der Waals surface area contributed by atoms with Crippen molar-refractivity contribution in [1.82, 2.24) is 4.57 Å². The van der Waals surface area contributed by atoms with Crippen LogP contribution in [0.25, 0.3) is 124 Å². The average Bonchev–Trinajstić information content (AvgIpc) is 4.04. The van der Waals surface area contributed by atoms with Crippen LogP contribution in [-0.2, 0) is 0 Å². The normalized spacial score (nSPS) is 11.7. The molecule has 13 aromatic carbocycles. The van der Waals surface area contributed by atoms with Gasteiger partial charge in [0.2, 0.25) is 0 Å². The number of aromatic nitrogens is 1. The highest BCUT2D eigenvalue weighted by Crippen LogP contribution is 2.45. The van der Waals surface area contributed by atoms with Gasteiger partial charge in [0.05, 0.1) is 11.0 Å². The second-order valence-corrected chi connectivity index (χ2v) is 20.7. The molecule has 0 aliphatic rings. The number of hydrogen-bond donors (Lipinski definition) is 0. The second kappa shape index (κ2) is 17.6. The van der Waals surface area contributed by atoms with Crippen LogP contribution >= 0.6 is 11.3 Å². The van der Waals surface area contributed by atoms with Crippen LogP contribution in [0.15, 0.2) is 279 Å². The van der Waals surface area contributed by atoms with E-state index in [1.807, 2.05) is 11.3 Å². The number of para-hydroxylation sites is 2. The van der Waals surface area contributed by atoms with Crippen LogP contribution in [-0.4, -0.2) is 4.57 Å². The lowest BCUT2D eigenvalue weighted by Crippen LogP contribution is -2.09. The van der Waals surface area contributed by atoms with Crippen molar-refractivity contribution in [3.05, 3.63) is 279 Å².